The van der Waals surface area contributed by atoms with Crippen LogP contribution in [0.3, 0.4) is 0 Å². The van der Waals surface area contributed by atoms with Crippen LogP contribution in [0, 0.1) is 0 Å². The van der Waals surface area contributed by atoms with E-state index in [2.05, 4.69) is 51.4 Å². The van der Waals surface area contributed by atoms with Gasteiger partial charge in [0.05, 0.1) is 0 Å². The number of aromatic nitrogens is 1. The molecule has 2 nitrogen and oxygen atoms in total. The fourth-order valence-electron chi connectivity index (χ4n) is 1.55. The molecular weight excluding hydrogens is 296 g/mol. The molecule has 0 aliphatic rings. The molecule has 17 heavy (non-hydrogen) atoms. The lowest BCUT2D eigenvalue weighted by Crippen LogP contribution is -2.12. The van der Waals surface area contributed by atoms with Crippen LogP contribution in [0.4, 0.5) is 0 Å². The molecule has 0 saturated carbocycles. The van der Waals surface area contributed by atoms with E-state index in [-0.39, 0.29) is 0 Å². The number of rotatable bonds is 5. The maximum absolute atomic E-state index is 4.38. The summed E-state index contributed by atoms with van der Waals surface area (Å²) in [7, 11) is 0. The molecule has 0 aliphatic heterocycles. The molecule has 0 fully saturated rings. The largest absolute Gasteiger partial charge is 0.306 e. The number of halogens is 1. The van der Waals surface area contributed by atoms with E-state index in [1.807, 2.05) is 12.3 Å². The van der Waals surface area contributed by atoms with Crippen LogP contribution in [0.15, 0.2) is 34.9 Å². The van der Waals surface area contributed by atoms with Gasteiger partial charge in [-0.15, -0.1) is 11.3 Å². The van der Waals surface area contributed by atoms with Gasteiger partial charge in [-0.2, -0.15) is 0 Å². The zero-order chi connectivity index (χ0) is 12.1. The number of nitrogens with one attached hydrogen (secondary N) is 1. The van der Waals surface area contributed by atoms with Gasteiger partial charge in [0, 0.05) is 28.6 Å². The van der Waals surface area contributed by atoms with Gasteiger partial charge >= 0.3 is 0 Å². The van der Waals surface area contributed by atoms with Gasteiger partial charge in [0.25, 0.3) is 0 Å². The molecule has 1 heterocycles. The normalized spacial score (nSPS) is 10.7. The van der Waals surface area contributed by atoms with E-state index in [1.54, 1.807) is 11.3 Å². The van der Waals surface area contributed by atoms with Gasteiger partial charge in [0.15, 0.2) is 0 Å². The number of hydrogen-bond acceptors (Lipinski definition) is 3. The van der Waals surface area contributed by atoms with Crippen LogP contribution in [0.2, 0.25) is 0 Å². The highest BCUT2D eigenvalue weighted by atomic mass is 79.9. The van der Waals surface area contributed by atoms with Gasteiger partial charge < -0.3 is 5.32 Å². The van der Waals surface area contributed by atoms with Gasteiger partial charge in [-0.1, -0.05) is 35.0 Å². The third kappa shape index (κ3) is 3.91. The Kier molecular flexibility index (Phi) is 4.71. The predicted molar refractivity (Wildman–Crippen MR) is 76.2 cm³/mol. The molecule has 0 amide bonds. The van der Waals surface area contributed by atoms with E-state index < -0.39 is 0 Å². The minimum atomic E-state index is 0.844. The van der Waals surface area contributed by atoms with Crippen LogP contribution >= 0.6 is 27.3 Å². The van der Waals surface area contributed by atoms with Gasteiger partial charge in [0.2, 0.25) is 0 Å². The second-order valence-corrected chi connectivity index (χ2v) is 5.92. The van der Waals surface area contributed by atoms with E-state index in [4.69, 9.17) is 0 Å². The van der Waals surface area contributed by atoms with E-state index in [1.165, 1.54) is 10.4 Å². The Morgan fingerprint density at radius 3 is 2.94 bits per heavy atom. The number of nitrogens with zero attached hydrogens (tertiary/aromatic N) is 1. The summed E-state index contributed by atoms with van der Waals surface area (Å²) in [6.45, 7) is 3.88. The lowest BCUT2D eigenvalue weighted by atomic mass is 10.2. The zero-order valence-corrected chi connectivity index (χ0v) is 12.1. The van der Waals surface area contributed by atoms with Gasteiger partial charge in [-0.25, -0.2) is 4.98 Å². The summed E-state index contributed by atoms with van der Waals surface area (Å²) in [6, 6.07) is 8.35. The van der Waals surface area contributed by atoms with E-state index >= 15 is 0 Å². The van der Waals surface area contributed by atoms with Gasteiger partial charge in [-0.3, -0.25) is 0 Å². The van der Waals surface area contributed by atoms with Crippen LogP contribution < -0.4 is 5.32 Å². The summed E-state index contributed by atoms with van der Waals surface area (Å²) in [6.07, 6.45) is 3.05. The van der Waals surface area contributed by atoms with Crippen molar-refractivity contribution in [2.24, 2.45) is 0 Å². The quantitative estimate of drug-likeness (QED) is 0.909. The Morgan fingerprint density at radius 1 is 1.35 bits per heavy atom. The Hall–Kier alpha value is -0.710. The molecule has 4 heteroatoms. The summed E-state index contributed by atoms with van der Waals surface area (Å²) in [4.78, 5) is 5.73. The summed E-state index contributed by atoms with van der Waals surface area (Å²) >= 11 is 5.26. The molecule has 0 bridgehead atoms. The van der Waals surface area contributed by atoms with Crippen LogP contribution in [0.1, 0.15) is 22.4 Å². The Balaban J connectivity index is 1.83. The van der Waals surface area contributed by atoms with Crippen molar-refractivity contribution < 1.29 is 0 Å². The van der Waals surface area contributed by atoms with Crippen molar-refractivity contribution in [2.45, 2.75) is 26.4 Å². The van der Waals surface area contributed by atoms with Crippen LogP contribution in [-0.4, -0.2) is 4.98 Å². The number of aryl methyl sites for hydroxylation is 1. The molecule has 0 spiro atoms. The molecule has 1 N–H and O–H groups in total. The summed E-state index contributed by atoms with van der Waals surface area (Å²) in [5, 5.41) is 4.57. The second kappa shape index (κ2) is 6.28. The van der Waals surface area contributed by atoms with Gasteiger partial charge in [-0.05, 0) is 24.1 Å². The maximum atomic E-state index is 4.38. The number of hydrogen-bond donors (Lipinski definition) is 1. The second-order valence-electron chi connectivity index (χ2n) is 3.81. The number of benzene rings is 1. The maximum Gasteiger partial charge on any atom is 0.107 e. The summed E-state index contributed by atoms with van der Waals surface area (Å²) in [5.41, 5.74) is 1.28. The Morgan fingerprint density at radius 2 is 2.24 bits per heavy atom. The SMILES string of the molecule is CCc1cnc(CNCc2cccc(Br)c2)s1. The third-order valence-corrected chi connectivity index (χ3v) is 4.08. The number of thiazole rings is 1. The topological polar surface area (TPSA) is 24.9 Å². The van der Waals surface area contributed by atoms with Crippen molar-refractivity contribution in [3.8, 4) is 0 Å². The minimum absolute atomic E-state index is 0.844. The van der Waals surface area contributed by atoms with Crippen molar-refractivity contribution >= 4 is 27.3 Å². The Labute approximate surface area is 114 Å². The molecular formula is C13H15BrN2S. The highest BCUT2D eigenvalue weighted by Gasteiger charge is 2.00. The molecule has 90 valence electrons. The molecule has 2 aromatic rings. The van der Waals surface area contributed by atoms with E-state index in [0.717, 1.165) is 29.0 Å². The lowest BCUT2D eigenvalue weighted by molar-refractivity contribution is 0.690. The molecule has 1 aromatic carbocycles. The molecule has 0 radical (unpaired) electrons. The molecule has 0 saturated heterocycles. The molecule has 0 unspecified atom stereocenters. The van der Waals surface area contributed by atoms with Crippen LogP contribution in [-0.2, 0) is 19.5 Å². The molecule has 2 rings (SSSR count). The van der Waals surface area contributed by atoms with Crippen molar-refractivity contribution in [1.29, 1.82) is 0 Å². The minimum Gasteiger partial charge on any atom is -0.306 e. The first-order valence-corrected chi connectivity index (χ1v) is 7.27. The summed E-state index contributed by atoms with van der Waals surface area (Å²) in [5.74, 6) is 0. The first-order chi connectivity index (χ1) is 8.28. The zero-order valence-electron chi connectivity index (χ0n) is 9.74. The highest BCUT2D eigenvalue weighted by Crippen LogP contribution is 2.14. The highest BCUT2D eigenvalue weighted by molar-refractivity contribution is 9.10. The Bertz CT molecular complexity index is 482. The molecule has 0 atom stereocenters. The van der Waals surface area contributed by atoms with Crippen molar-refractivity contribution in [1.82, 2.24) is 10.3 Å². The van der Waals surface area contributed by atoms with Gasteiger partial charge in [0.1, 0.15) is 5.01 Å². The van der Waals surface area contributed by atoms with Crippen LogP contribution in [0.25, 0.3) is 0 Å². The fourth-order valence-corrected chi connectivity index (χ4v) is 2.83. The van der Waals surface area contributed by atoms with E-state index in [0.29, 0.717) is 0 Å². The first kappa shape index (κ1) is 12.7. The third-order valence-electron chi connectivity index (χ3n) is 2.44. The van der Waals surface area contributed by atoms with Crippen LogP contribution in [0.5, 0.6) is 0 Å². The lowest BCUT2D eigenvalue weighted by Gasteiger charge is -2.03. The molecule has 1 aromatic heterocycles. The van der Waals surface area contributed by atoms with Crippen molar-refractivity contribution in [3.05, 3.63) is 50.4 Å². The van der Waals surface area contributed by atoms with Crippen molar-refractivity contribution in [2.75, 3.05) is 0 Å². The fraction of sp³-hybridized carbons (Fsp3) is 0.308. The average Bonchev–Trinajstić information content (AvgIpc) is 2.77. The predicted octanol–water partition coefficient (Wildman–Crippen LogP) is 3.76. The summed E-state index contributed by atoms with van der Waals surface area (Å²) < 4.78 is 1.12. The van der Waals surface area contributed by atoms with Crippen molar-refractivity contribution in [3.63, 3.8) is 0 Å². The standard InChI is InChI=1S/C13H15BrN2S/c1-2-12-8-16-13(17-12)9-15-7-10-4-3-5-11(14)6-10/h3-6,8,15H,2,7,9H2,1H3. The van der Waals surface area contributed by atoms with E-state index in [9.17, 15) is 0 Å². The average molecular weight is 311 g/mol. The smallest absolute Gasteiger partial charge is 0.107 e. The first-order valence-electron chi connectivity index (χ1n) is 5.66. The molecule has 0 aliphatic carbocycles. The monoisotopic (exact) mass is 310 g/mol.